The van der Waals surface area contributed by atoms with Gasteiger partial charge in [0.05, 0.1) is 6.61 Å². The number of hydrogen-bond donors (Lipinski definition) is 0. The second kappa shape index (κ2) is 7.26. The van der Waals surface area contributed by atoms with E-state index in [1.165, 1.54) is 17.2 Å². The van der Waals surface area contributed by atoms with Gasteiger partial charge in [0.15, 0.2) is 18.2 Å². The lowest BCUT2D eigenvalue weighted by molar-refractivity contribution is -0.577. The second-order valence-corrected chi connectivity index (χ2v) is 10.3. The molecule has 166 valence electrons. The van der Waals surface area contributed by atoms with Crippen molar-refractivity contribution in [1.82, 2.24) is 0 Å². The summed E-state index contributed by atoms with van der Waals surface area (Å²) >= 11 is 0. The minimum Gasteiger partial charge on any atom is -0.348 e. The van der Waals surface area contributed by atoms with E-state index < -0.39 is 17.7 Å². The van der Waals surface area contributed by atoms with Crippen LogP contribution in [0, 0.1) is 23.7 Å². The second-order valence-electron chi connectivity index (χ2n) is 10.3. The summed E-state index contributed by atoms with van der Waals surface area (Å²) in [5, 5.41) is 2.47. The molecule has 4 aliphatic heterocycles. The molecule has 1 aliphatic carbocycles. The molecule has 1 saturated carbocycles. The monoisotopic (exact) mass is 424 g/mol. The third-order valence-electron chi connectivity index (χ3n) is 8.33. The lowest BCUT2D eigenvalue weighted by Crippen LogP contribution is -2.70. The number of benzene rings is 2. The van der Waals surface area contributed by atoms with E-state index in [4.69, 9.17) is 24.0 Å². The fourth-order valence-corrected chi connectivity index (χ4v) is 6.57. The van der Waals surface area contributed by atoms with Crippen LogP contribution in [0.3, 0.4) is 0 Å². The Bertz CT molecular complexity index is 977. The molecule has 2 aromatic carbocycles. The van der Waals surface area contributed by atoms with Crippen molar-refractivity contribution in [3.8, 4) is 0 Å². The first-order chi connectivity index (χ1) is 15.0. The smallest absolute Gasteiger partial charge is 0.201 e. The van der Waals surface area contributed by atoms with Crippen LogP contribution in [0.2, 0.25) is 0 Å². The minimum atomic E-state index is -0.749. The molecule has 0 aromatic heterocycles. The quantitative estimate of drug-likeness (QED) is 0.603. The first-order valence-corrected chi connectivity index (χ1v) is 11.8. The van der Waals surface area contributed by atoms with E-state index in [9.17, 15) is 0 Å². The van der Waals surface area contributed by atoms with Gasteiger partial charge in [-0.15, -0.1) is 0 Å². The SMILES string of the molecule is CC1CCC2[C@@H](C)C(OCc3ccc4ccccc4c3)OC3OC4(C)CCC1[C@]32OO4. The highest BCUT2D eigenvalue weighted by molar-refractivity contribution is 5.82. The summed E-state index contributed by atoms with van der Waals surface area (Å²) in [4.78, 5) is 12.1. The predicted molar refractivity (Wildman–Crippen MR) is 116 cm³/mol. The van der Waals surface area contributed by atoms with Crippen molar-refractivity contribution < 1.29 is 24.0 Å². The highest BCUT2D eigenvalue weighted by Gasteiger charge is 2.69. The Morgan fingerprint density at radius 1 is 0.968 bits per heavy atom. The van der Waals surface area contributed by atoms with Gasteiger partial charge in [-0.25, -0.2) is 9.78 Å². The van der Waals surface area contributed by atoms with E-state index in [1.807, 2.05) is 6.92 Å². The molecule has 5 fully saturated rings. The molecule has 0 radical (unpaired) electrons. The van der Waals surface area contributed by atoms with E-state index in [2.05, 4.69) is 56.3 Å². The summed E-state index contributed by atoms with van der Waals surface area (Å²) in [5.74, 6) is 0.681. The van der Waals surface area contributed by atoms with Gasteiger partial charge in [0.2, 0.25) is 5.79 Å². The van der Waals surface area contributed by atoms with Crippen molar-refractivity contribution in [3.05, 3.63) is 48.0 Å². The minimum absolute atomic E-state index is 0.196. The molecule has 8 atom stereocenters. The van der Waals surface area contributed by atoms with Crippen LogP contribution in [0.5, 0.6) is 0 Å². The maximum Gasteiger partial charge on any atom is 0.201 e. The maximum atomic E-state index is 6.52. The third kappa shape index (κ3) is 3.09. The van der Waals surface area contributed by atoms with Crippen molar-refractivity contribution in [1.29, 1.82) is 0 Å². The van der Waals surface area contributed by atoms with Gasteiger partial charge in [-0.2, -0.15) is 0 Å². The highest BCUT2D eigenvalue weighted by Crippen LogP contribution is 2.60. The summed E-state index contributed by atoms with van der Waals surface area (Å²) < 4.78 is 19.3. The maximum absolute atomic E-state index is 6.52. The summed E-state index contributed by atoms with van der Waals surface area (Å²) in [5.41, 5.74) is 0.621. The summed E-state index contributed by atoms with van der Waals surface area (Å²) in [7, 11) is 0. The molecule has 5 aliphatic rings. The largest absolute Gasteiger partial charge is 0.348 e. The molecule has 5 heteroatoms. The molecule has 0 N–H and O–H groups in total. The lowest BCUT2D eigenvalue weighted by atomic mass is 9.58. The van der Waals surface area contributed by atoms with Crippen LogP contribution in [0.1, 0.15) is 52.0 Å². The molecule has 1 spiro atoms. The Labute approximate surface area is 183 Å². The first-order valence-electron chi connectivity index (χ1n) is 11.8. The standard InChI is InChI=1S/C26H32O5/c1-16-8-11-22-17(2)23(27-15-18-9-10-19-6-4-5-7-20(19)14-18)28-24-26(22)21(16)12-13-25(3,29-24)30-31-26/h4-7,9-10,14,16-17,21-24H,8,11-13,15H2,1-3H3/t16?,17-,21?,22?,23?,24?,25?,26-/m1/s1. The Morgan fingerprint density at radius 2 is 1.81 bits per heavy atom. The fourth-order valence-electron chi connectivity index (χ4n) is 6.57. The van der Waals surface area contributed by atoms with Crippen molar-refractivity contribution in [2.75, 3.05) is 0 Å². The van der Waals surface area contributed by atoms with Crippen LogP contribution in [-0.2, 0) is 30.6 Å². The molecular formula is C26H32O5. The number of hydrogen-bond acceptors (Lipinski definition) is 5. The molecule has 6 unspecified atom stereocenters. The van der Waals surface area contributed by atoms with Crippen LogP contribution in [0.25, 0.3) is 10.8 Å². The van der Waals surface area contributed by atoms with Crippen LogP contribution in [0.15, 0.2) is 42.5 Å². The Hall–Kier alpha value is -1.50. The van der Waals surface area contributed by atoms with Gasteiger partial charge >= 0.3 is 0 Å². The normalized spacial score (nSPS) is 44.1. The van der Waals surface area contributed by atoms with Crippen molar-refractivity contribution >= 4 is 10.8 Å². The van der Waals surface area contributed by atoms with Gasteiger partial charge in [-0.05, 0) is 60.4 Å². The molecule has 31 heavy (non-hydrogen) atoms. The van der Waals surface area contributed by atoms with Crippen molar-refractivity contribution in [2.45, 2.75) is 77.0 Å². The topological polar surface area (TPSA) is 46.2 Å². The van der Waals surface area contributed by atoms with Crippen molar-refractivity contribution in [3.63, 3.8) is 0 Å². The Morgan fingerprint density at radius 3 is 2.68 bits per heavy atom. The summed E-state index contributed by atoms with van der Waals surface area (Å²) in [6.45, 7) is 7.05. The number of ether oxygens (including phenoxy) is 3. The summed E-state index contributed by atoms with van der Waals surface area (Å²) in [6, 6.07) is 14.9. The van der Waals surface area contributed by atoms with Gasteiger partial charge in [0.1, 0.15) is 0 Å². The zero-order valence-electron chi connectivity index (χ0n) is 18.6. The van der Waals surface area contributed by atoms with Gasteiger partial charge < -0.3 is 14.2 Å². The first kappa shape index (κ1) is 20.1. The van der Waals surface area contributed by atoms with Gasteiger partial charge in [0, 0.05) is 18.3 Å². The van der Waals surface area contributed by atoms with Crippen LogP contribution in [0.4, 0.5) is 0 Å². The Balaban J connectivity index is 1.26. The van der Waals surface area contributed by atoms with E-state index in [-0.39, 0.29) is 18.1 Å². The fraction of sp³-hybridized carbons (Fsp3) is 0.615. The molecule has 7 rings (SSSR count). The predicted octanol–water partition coefficient (Wildman–Crippen LogP) is 5.56. The van der Waals surface area contributed by atoms with E-state index in [1.54, 1.807) is 0 Å². The van der Waals surface area contributed by atoms with Gasteiger partial charge in [-0.1, -0.05) is 50.2 Å². The molecule has 4 saturated heterocycles. The van der Waals surface area contributed by atoms with Crippen LogP contribution >= 0.6 is 0 Å². The zero-order chi connectivity index (χ0) is 21.2. The van der Waals surface area contributed by atoms with Gasteiger partial charge in [-0.3, -0.25) is 0 Å². The molecule has 2 bridgehead atoms. The van der Waals surface area contributed by atoms with E-state index >= 15 is 0 Å². The number of rotatable bonds is 3. The average Bonchev–Trinajstić information content (AvgIpc) is 3.01. The van der Waals surface area contributed by atoms with Crippen LogP contribution < -0.4 is 0 Å². The average molecular weight is 425 g/mol. The number of fused-ring (bicyclic) bond motifs is 3. The van der Waals surface area contributed by atoms with Crippen molar-refractivity contribution in [2.24, 2.45) is 23.7 Å². The molecular weight excluding hydrogens is 392 g/mol. The molecule has 4 heterocycles. The van der Waals surface area contributed by atoms with Crippen LogP contribution in [-0.4, -0.2) is 24.0 Å². The Kier molecular flexibility index (Phi) is 4.71. The van der Waals surface area contributed by atoms with Gasteiger partial charge in [0.25, 0.3) is 0 Å². The lowest BCUT2D eigenvalue weighted by Gasteiger charge is -2.60. The third-order valence-corrected chi connectivity index (χ3v) is 8.33. The summed E-state index contributed by atoms with van der Waals surface area (Å²) in [6.07, 6.45) is 3.37. The molecule has 2 aromatic rings. The highest BCUT2D eigenvalue weighted by atomic mass is 17.3. The van der Waals surface area contributed by atoms with E-state index in [0.717, 1.165) is 24.8 Å². The molecule has 0 amide bonds. The molecule has 5 nitrogen and oxygen atoms in total. The van der Waals surface area contributed by atoms with E-state index in [0.29, 0.717) is 18.4 Å². The zero-order valence-corrected chi connectivity index (χ0v) is 18.6.